The number of thiazole rings is 1. The first-order valence-corrected chi connectivity index (χ1v) is 10.7. The van der Waals surface area contributed by atoms with Crippen LogP contribution in [-0.2, 0) is 11.3 Å². The highest BCUT2D eigenvalue weighted by Crippen LogP contribution is 2.36. The maximum atomic E-state index is 5.58. The van der Waals surface area contributed by atoms with Gasteiger partial charge in [0, 0.05) is 37.1 Å². The van der Waals surface area contributed by atoms with Crippen LogP contribution in [0.4, 0.5) is 5.69 Å². The molecule has 3 aromatic rings. The van der Waals surface area contributed by atoms with Crippen LogP contribution in [0.1, 0.15) is 0 Å². The minimum Gasteiger partial charge on any atom is -0.454 e. The third-order valence-corrected chi connectivity index (χ3v) is 6.05. The van der Waals surface area contributed by atoms with Crippen LogP contribution in [0, 0.1) is 0 Å². The molecule has 3 heterocycles. The molecule has 1 fully saturated rings. The van der Waals surface area contributed by atoms with Crippen LogP contribution in [0.3, 0.4) is 0 Å². The van der Waals surface area contributed by atoms with Gasteiger partial charge in [0.15, 0.2) is 16.3 Å². The van der Waals surface area contributed by atoms with E-state index >= 15 is 0 Å². The van der Waals surface area contributed by atoms with E-state index in [2.05, 4.69) is 27.0 Å². The van der Waals surface area contributed by atoms with Crippen molar-refractivity contribution >= 4 is 17.0 Å². The Kier molecular flexibility index (Phi) is 5.34. The third kappa shape index (κ3) is 4.07. The monoisotopic (exact) mass is 409 g/mol. The summed E-state index contributed by atoms with van der Waals surface area (Å²) in [5.41, 5.74) is 3.23. The van der Waals surface area contributed by atoms with E-state index in [9.17, 15) is 0 Å². The van der Waals surface area contributed by atoms with E-state index in [1.165, 1.54) is 0 Å². The summed E-state index contributed by atoms with van der Waals surface area (Å²) in [6.07, 6.45) is 0. The highest BCUT2D eigenvalue weighted by molar-refractivity contribution is 7.07. The highest BCUT2D eigenvalue weighted by Gasteiger charge is 2.17. The molecule has 0 amide bonds. The van der Waals surface area contributed by atoms with E-state index < -0.39 is 0 Å². The molecule has 0 radical (unpaired) electrons. The number of para-hydroxylation sites is 1. The van der Waals surface area contributed by atoms with Crippen molar-refractivity contribution in [1.29, 1.82) is 0 Å². The van der Waals surface area contributed by atoms with Crippen molar-refractivity contribution in [3.05, 3.63) is 58.7 Å². The van der Waals surface area contributed by atoms with E-state index in [-0.39, 0.29) is 6.79 Å². The molecule has 0 spiro atoms. The largest absolute Gasteiger partial charge is 0.454 e. The first-order chi connectivity index (χ1) is 14.4. The van der Waals surface area contributed by atoms with Crippen molar-refractivity contribution in [2.75, 3.05) is 39.6 Å². The van der Waals surface area contributed by atoms with E-state index in [4.69, 9.17) is 19.2 Å². The number of nitrogens with zero attached hydrogens (tertiary/aromatic N) is 3. The summed E-state index contributed by atoms with van der Waals surface area (Å²) in [7, 11) is 0. The summed E-state index contributed by atoms with van der Waals surface area (Å²) >= 11 is 1.67. The van der Waals surface area contributed by atoms with E-state index in [0.29, 0.717) is 0 Å². The number of hydrogen-bond acceptors (Lipinski definition) is 6. The molecule has 2 aliphatic rings. The smallest absolute Gasteiger partial charge is 0.231 e. The molecule has 1 saturated heterocycles. The molecule has 2 aliphatic heterocycles. The fourth-order valence-electron chi connectivity index (χ4n) is 3.60. The molecule has 29 heavy (non-hydrogen) atoms. The summed E-state index contributed by atoms with van der Waals surface area (Å²) in [5, 5.41) is 2.18. The molecular weight excluding hydrogens is 386 g/mol. The molecule has 0 atom stereocenters. The predicted octanol–water partition coefficient (Wildman–Crippen LogP) is 3.51. The van der Waals surface area contributed by atoms with Gasteiger partial charge in [0.05, 0.1) is 24.6 Å². The summed E-state index contributed by atoms with van der Waals surface area (Å²) in [6.45, 7) is 5.71. The average Bonchev–Trinajstić information content (AvgIpc) is 3.40. The van der Waals surface area contributed by atoms with E-state index in [0.717, 1.165) is 72.6 Å². The third-order valence-electron chi connectivity index (χ3n) is 5.19. The SMILES string of the molecule is c1ccc(N=c2scc(-c3ccc4c(c3)OCO4)n2CCN2CCOCC2)cc1. The van der Waals surface area contributed by atoms with Crippen molar-refractivity contribution in [3.8, 4) is 22.8 Å². The molecule has 0 saturated carbocycles. The van der Waals surface area contributed by atoms with Gasteiger partial charge in [0.2, 0.25) is 6.79 Å². The van der Waals surface area contributed by atoms with Gasteiger partial charge in [-0.2, -0.15) is 0 Å². The fourth-order valence-corrected chi connectivity index (χ4v) is 4.56. The number of fused-ring (bicyclic) bond motifs is 1. The number of morpholine rings is 1. The van der Waals surface area contributed by atoms with E-state index in [1.807, 2.05) is 36.4 Å². The molecule has 0 N–H and O–H groups in total. The second-order valence-electron chi connectivity index (χ2n) is 7.02. The maximum absolute atomic E-state index is 5.58. The van der Waals surface area contributed by atoms with Gasteiger partial charge in [-0.1, -0.05) is 18.2 Å². The minimum absolute atomic E-state index is 0.286. The number of ether oxygens (including phenoxy) is 3. The highest BCUT2D eigenvalue weighted by atomic mass is 32.1. The standard InChI is InChI=1S/C22H23N3O3S/c1-2-4-18(5-3-1)23-22-25(9-8-24-10-12-26-13-11-24)19(15-29-22)17-6-7-20-21(14-17)28-16-27-20/h1-7,14-15H,8-13,16H2. The van der Waals surface area contributed by atoms with Crippen LogP contribution in [0.15, 0.2) is 58.9 Å². The average molecular weight is 410 g/mol. The van der Waals surface area contributed by atoms with Gasteiger partial charge in [0.1, 0.15) is 0 Å². The van der Waals surface area contributed by atoms with Crippen molar-refractivity contribution in [2.45, 2.75) is 6.54 Å². The van der Waals surface area contributed by atoms with E-state index in [1.54, 1.807) is 11.3 Å². The van der Waals surface area contributed by atoms with Gasteiger partial charge in [-0.15, -0.1) is 11.3 Å². The van der Waals surface area contributed by atoms with Crippen molar-refractivity contribution in [1.82, 2.24) is 9.47 Å². The Morgan fingerprint density at radius 2 is 1.76 bits per heavy atom. The second kappa shape index (κ2) is 8.41. The lowest BCUT2D eigenvalue weighted by Gasteiger charge is -2.26. The Balaban J connectivity index is 1.51. The lowest BCUT2D eigenvalue weighted by Crippen LogP contribution is -2.39. The summed E-state index contributed by atoms with van der Waals surface area (Å²) in [6, 6.07) is 16.2. The van der Waals surface area contributed by atoms with Gasteiger partial charge >= 0.3 is 0 Å². The normalized spacial score (nSPS) is 17.0. The molecule has 2 aromatic carbocycles. The Bertz CT molecular complexity index is 1040. The summed E-state index contributed by atoms with van der Waals surface area (Å²) in [5.74, 6) is 1.60. The van der Waals surface area contributed by atoms with Crippen molar-refractivity contribution < 1.29 is 14.2 Å². The molecule has 1 aromatic heterocycles. The Morgan fingerprint density at radius 3 is 2.62 bits per heavy atom. The Hall–Kier alpha value is -2.61. The summed E-state index contributed by atoms with van der Waals surface area (Å²) in [4.78, 5) is 8.35. The first kappa shape index (κ1) is 18.4. The van der Waals surface area contributed by atoms with Gasteiger partial charge in [-0.3, -0.25) is 4.90 Å². The quantitative estimate of drug-likeness (QED) is 0.647. The number of aromatic nitrogens is 1. The van der Waals surface area contributed by atoms with Crippen LogP contribution in [0.2, 0.25) is 0 Å². The molecule has 5 rings (SSSR count). The molecule has 6 nitrogen and oxygen atoms in total. The van der Waals surface area contributed by atoms with Gasteiger partial charge < -0.3 is 18.8 Å². The van der Waals surface area contributed by atoms with Gasteiger partial charge in [0.25, 0.3) is 0 Å². The molecule has 0 bridgehead atoms. The molecular formula is C22H23N3O3S. The molecule has 150 valence electrons. The zero-order valence-corrected chi connectivity index (χ0v) is 16.9. The van der Waals surface area contributed by atoms with Gasteiger partial charge in [-0.05, 0) is 30.3 Å². The number of rotatable bonds is 5. The maximum Gasteiger partial charge on any atom is 0.231 e. The first-order valence-electron chi connectivity index (χ1n) is 9.85. The van der Waals surface area contributed by atoms with Crippen molar-refractivity contribution in [3.63, 3.8) is 0 Å². The van der Waals surface area contributed by atoms with Crippen LogP contribution in [-0.4, -0.2) is 49.1 Å². The number of benzene rings is 2. The Labute approximate surface area is 173 Å². The molecule has 0 unspecified atom stereocenters. The number of hydrogen-bond donors (Lipinski definition) is 0. The van der Waals surface area contributed by atoms with Crippen LogP contribution < -0.4 is 14.3 Å². The zero-order valence-electron chi connectivity index (χ0n) is 16.1. The van der Waals surface area contributed by atoms with Gasteiger partial charge in [-0.25, -0.2) is 4.99 Å². The van der Waals surface area contributed by atoms with Crippen LogP contribution >= 0.6 is 11.3 Å². The predicted molar refractivity (Wildman–Crippen MR) is 113 cm³/mol. The second-order valence-corrected chi connectivity index (χ2v) is 7.86. The zero-order chi connectivity index (χ0) is 19.5. The molecule has 0 aliphatic carbocycles. The topological polar surface area (TPSA) is 48.2 Å². The van der Waals surface area contributed by atoms with Crippen LogP contribution in [0.25, 0.3) is 11.3 Å². The lowest BCUT2D eigenvalue weighted by molar-refractivity contribution is 0.0363. The minimum atomic E-state index is 0.286. The van der Waals surface area contributed by atoms with Crippen molar-refractivity contribution in [2.24, 2.45) is 4.99 Å². The molecule has 7 heteroatoms. The van der Waals surface area contributed by atoms with Crippen LogP contribution in [0.5, 0.6) is 11.5 Å². The fraction of sp³-hybridized carbons (Fsp3) is 0.318. The summed E-state index contributed by atoms with van der Waals surface area (Å²) < 4.78 is 18.8. The lowest BCUT2D eigenvalue weighted by atomic mass is 10.1. The Morgan fingerprint density at radius 1 is 0.931 bits per heavy atom.